The van der Waals surface area contributed by atoms with E-state index in [0.717, 1.165) is 12.0 Å². The zero-order valence-electron chi connectivity index (χ0n) is 16.1. The normalized spacial score (nSPS) is 19.5. The van der Waals surface area contributed by atoms with Gasteiger partial charge in [0.05, 0.1) is 0 Å². The zero-order chi connectivity index (χ0) is 20.1. The summed E-state index contributed by atoms with van der Waals surface area (Å²) >= 11 is 0. The highest BCUT2D eigenvalue weighted by Crippen LogP contribution is 2.46. The highest BCUT2D eigenvalue weighted by molar-refractivity contribution is 5.97. The van der Waals surface area contributed by atoms with Crippen LogP contribution in [0.4, 0.5) is 0 Å². The average Bonchev–Trinajstić information content (AvgIpc) is 3.50. The Morgan fingerprint density at radius 1 is 1.11 bits per heavy atom. The molecule has 4 N–H and O–H groups in total. The van der Waals surface area contributed by atoms with Gasteiger partial charge in [-0.15, -0.1) is 0 Å². The molecule has 3 rings (SSSR count). The predicted molar refractivity (Wildman–Crippen MR) is 110 cm³/mol. The van der Waals surface area contributed by atoms with E-state index in [1.807, 2.05) is 18.2 Å². The Morgan fingerprint density at radius 3 is 2.39 bits per heavy atom. The van der Waals surface area contributed by atoms with Crippen LogP contribution >= 0.6 is 0 Å². The third-order valence-electron chi connectivity index (χ3n) is 4.91. The van der Waals surface area contributed by atoms with E-state index in [9.17, 15) is 9.59 Å². The molecule has 2 aromatic rings. The molecule has 5 nitrogen and oxygen atoms in total. The number of nitrogens with two attached hydrogens (primary N) is 1. The molecule has 1 aliphatic rings. The van der Waals surface area contributed by atoms with Crippen molar-refractivity contribution in [3.05, 3.63) is 71.3 Å². The van der Waals surface area contributed by atoms with Crippen molar-refractivity contribution in [1.82, 2.24) is 10.6 Å². The summed E-state index contributed by atoms with van der Waals surface area (Å²) in [5.74, 6) is 6.78. The number of rotatable bonds is 5. The summed E-state index contributed by atoms with van der Waals surface area (Å²) in [6.07, 6.45) is 1.09. The summed E-state index contributed by atoms with van der Waals surface area (Å²) in [6.45, 7) is 1.68. The van der Waals surface area contributed by atoms with Gasteiger partial charge in [-0.05, 0) is 49.1 Å². The summed E-state index contributed by atoms with van der Waals surface area (Å²) in [6, 6.07) is 16.2. The topological polar surface area (TPSA) is 84.2 Å². The van der Waals surface area contributed by atoms with Crippen LogP contribution in [0.25, 0.3) is 0 Å². The van der Waals surface area contributed by atoms with E-state index in [2.05, 4.69) is 46.7 Å². The van der Waals surface area contributed by atoms with Crippen LogP contribution < -0.4 is 16.4 Å². The Balaban J connectivity index is 1.60. The molecule has 0 spiro atoms. The Bertz CT molecular complexity index is 895. The van der Waals surface area contributed by atoms with Crippen LogP contribution in [0.15, 0.2) is 54.6 Å². The van der Waals surface area contributed by atoms with Gasteiger partial charge in [0.25, 0.3) is 5.91 Å². The van der Waals surface area contributed by atoms with Gasteiger partial charge in [-0.1, -0.05) is 42.2 Å². The van der Waals surface area contributed by atoms with E-state index in [1.54, 1.807) is 19.1 Å². The van der Waals surface area contributed by atoms with E-state index in [0.29, 0.717) is 17.4 Å². The first-order valence-electron chi connectivity index (χ1n) is 9.44. The second kappa shape index (κ2) is 8.73. The third-order valence-corrected chi connectivity index (χ3v) is 4.91. The van der Waals surface area contributed by atoms with Crippen LogP contribution in [0.1, 0.15) is 40.7 Å². The number of hydrogen-bond donors (Lipinski definition) is 3. The largest absolute Gasteiger partial charge is 0.357 e. The van der Waals surface area contributed by atoms with Crippen molar-refractivity contribution in [2.75, 3.05) is 7.05 Å². The lowest BCUT2D eigenvalue weighted by atomic mass is 10.1. The number of hydrogen-bond acceptors (Lipinski definition) is 3. The monoisotopic (exact) mass is 375 g/mol. The van der Waals surface area contributed by atoms with Gasteiger partial charge in [0.15, 0.2) is 0 Å². The molecular weight excluding hydrogens is 350 g/mol. The lowest BCUT2D eigenvalue weighted by Gasteiger charge is -2.20. The van der Waals surface area contributed by atoms with Gasteiger partial charge < -0.3 is 16.4 Å². The van der Waals surface area contributed by atoms with Gasteiger partial charge in [0.2, 0.25) is 5.91 Å². The molecule has 0 heterocycles. The predicted octanol–water partition coefficient (Wildman–Crippen LogP) is 2.03. The number of benzene rings is 2. The van der Waals surface area contributed by atoms with Crippen LogP contribution in [0, 0.1) is 17.8 Å². The minimum Gasteiger partial charge on any atom is -0.357 e. The second-order valence-electron chi connectivity index (χ2n) is 7.13. The van der Waals surface area contributed by atoms with Crippen LogP contribution in [0.5, 0.6) is 0 Å². The molecule has 2 aromatic carbocycles. The molecule has 5 heteroatoms. The number of carbonyl (C=O) groups excluding carboxylic acids is 2. The zero-order valence-corrected chi connectivity index (χ0v) is 16.1. The van der Waals surface area contributed by atoms with Crippen molar-refractivity contribution >= 4 is 11.8 Å². The molecule has 2 unspecified atom stereocenters. The van der Waals surface area contributed by atoms with Crippen LogP contribution in [0.3, 0.4) is 0 Å². The maximum atomic E-state index is 12.4. The number of likely N-dealkylation sites (N-methyl/N-ethyl adjacent to an activating group) is 1. The van der Waals surface area contributed by atoms with Crippen molar-refractivity contribution in [1.29, 1.82) is 0 Å². The van der Waals surface area contributed by atoms with Gasteiger partial charge in [0.1, 0.15) is 6.04 Å². The van der Waals surface area contributed by atoms with Gasteiger partial charge in [-0.25, -0.2) is 0 Å². The maximum Gasteiger partial charge on any atom is 0.251 e. The minimum atomic E-state index is -0.776. The Kier molecular flexibility index (Phi) is 6.13. The van der Waals surface area contributed by atoms with Crippen molar-refractivity contribution in [2.45, 2.75) is 31.3 Å². The fraction of sp³-hybridized carbons (Fsp3) is 0.304. The molecule has 2 amide bonds. The summed E-state index contributed by atoms with van der Waals surface area (Å²) in [5.41, 5.74) is 8.47. The summed E-state index contributed by atoms with van der Waals surface area (Å²) in [7, 11) is 1.51. The maximum absolute atomic E-state index is 12.4. The fourth-order valence-electron chi connectivity index (χ4n) is 3.12. The number of carbonyl (C=O) groups is 2. The number of nitrogens with one attached hydrogen (secondary N) is 2. The Morgan fingerprint density at radius 2 is 1.79 bits per heavy atom. The third kappa shape index (κ3) is 4.79. The van der Waals surface area contributed by atoms with E-state index in [4.69, 9.17) is 5.73 Å². The molecule has 1 saturated carbocycles. The van der Waals surface area contributed by atoms with Crippen molar-refractivity contribution in [2.24, 2.45) is 11.7 Å². The van der Waals surface area contributed by atoms with Gasteiger partial charge >= 0.3 is 0 Å². The van der Waals surface area contributed by atoms with E-state index in [-0.39, 0.29) is 11.8 Å². The molecular formula is C23H25N3O2. The summed E-state index contributed by atoms with van der Waals surface area (Å²) in [5, 5.41) is 5.18. The lowest BCUT2D eigenvalue weighted by molar-refractivity contribution is -0.122. The quantitative estimate of drug-likeness (QED) is 0.699. The molecule has 0 aliphatic heterocycles. The van der Waals surface area contributed by atoms with E-state index in [1.165, 1.54) is 12.6 Å². The molecule has 28 heavy (non-hydrogen) atoms. The molecule has 0 aromatic heterocycles. The van der Waals surface area contributed by atoms with Crippen LogP contribution in [-0.2, 0) is 4.79 Å². The highest BCUT2D eigenvalue weighted by Gasteiger charge is 2.36. The first kappa shape index (κ1) is 19.7. The van der Waals surface area contributed by atoms with Gasteiger partial charge in [-0.3, -0.25) is 9.59 Å². The summed E-state index contributed by atoms with van der Waals surface area (Å²) < 4.78 is 0. The Labute approximate surface area is 165 Å². The molecule has 4 atom stereocenters. The smallest absolute Gasteiger partial charge is 0.251 e. The van der Waals surface area contributed by atoms with Crippen molar-refractivity contribution < 1.29 is 9.59 Å². The molecule has 1 fully saturated rings. The molecule has 0 saturated heterocycles. The highest BCUT2D eigenvalue weighted by atomic mass is 16.2. The lowest BCUT2D eigenvalue weighted by Crippen LogP contribution is -2.54. The first-order chi connectivity index (χ1) is 13.5. The molecule has 1 aliphatic carbocycles. The Hall–Kier alpha value is -3.10. The van der Waals surface area contributed by atoms with Crippen molar-refractivity contribution in [3.8, 4) is 11.8 Å². The van der Waals surface area contributed by atoms with Crippen LogP contribution in [-0.4, -0.2) is 30.9 Å². The van der Waals surface area contributed by atoms with E-state index >= 15 is 0 Å². The summed E-state index contributed by atoms with van der Waals surface area (Å²) in [4.78, 5) is 24.2. The molecule has 144 valence electrons. The SMILES string of the molecule is CNC(=O)[C@@H](NC(=O)c1ccc(C#CC2CC2c2ccccc2)cc1)[C@@H](C)N. The van der Waals surface area contributed by atoms with Crippen molar-refractivity contribution in [3.63, 3.8) is 0 Å². The van der Waals surface area contributed by atoms with E-state index < -0.39 is 12.1 Å². The molecule has 0 radical (unpaired) electrons. The van der Waals surface area contributed by atoms with Gasteiger partial charge in [-0.2, -0.15) is 0 Å². The molecule has 0 bridgehead atoms. The minimum absolute atomic E-state index is 0.316. The standard InChI is InChI=1S/C23H25N3O2/c1-15(24)21(23(28)25-2)26-22(27)18-11-8-16(9-12-18)10-13-19-14-20(19)17-6-4-3-5-7-17/h3-9,11-12,15,19-21H,14,24H2,1-2H3,(H,25,28)(H,26,27)/t15-,19?,20?,21+/m1/s1. The first-order valence-corrected chi connectivity index (χ1v) is 9.44. The number of amides is 2. The fourth-order valence-corrected chi connectivity index (χ4v) is 3.12. The second-order valence-corrected chi connectivity index (χ2v) is 7.13. The van der Waals surface area contributed by atoms with Crippen LogP contribution in [0.2, 0.25) is 0 Å². The average molecular weight is 375 g/mol. The van der Waals surface area contributed by atoms with Gasteiger partial charge in [0, 0.05) is 30.1 Å².